The average Bonchev–Trinajstić information content (AvgIpc) is 3.20. The molecule has 0 radical (unpaired) electrons. The minimum atomic E-state index is -0.172. The first-order chi connectivity index (χ1) is 13.2. The number of nitrogens with zero attached hydrogens (tertiary/aromatic N) is 1. The lowest BCUT2D eigenvalue weighted by molar-refractivity contribution is -0.115. The van der Waals surface area contributed by atoms with E-state index in [1.54, 1.807) is 25.2 Å². The molecular formula is C20H28N4O3. The van der Waals surface area contributed by atoms with E-state index in [0.717, 1.165) is 38.2 Å². The Morgan fingerprint density at radius 3 is 3.07 bits per heavy atom. The van der Waals surface area contributed by atoms with Crippen LogP contribution in [-0.2, 0) is 14.3 Å². The molecule has 3 N–H and O–H groups in total. The summed E-state index contributed by atoms with van der Waals surface area (Å²) in [5, 5.41) is 8.94. The third-order valence-corrected chi connectivity index (χ3v) is 4.09. The zero-order valence-corrected chi connectivity index (χ0v) is 15.8. The molecule has 1 aromatic rings. The smallest absolute Gasteiger partial charge is 0.243 e. The zero-order valence-electron chi connectivity index (χ0n) is 15.8. The van der Waals surface area contributed by atoms with Gasteiger partial charge in [0.05, 0.1) is 19.8 Å². The van der Waals surface area contributed by atoms with Gasteiger partial charge in [0.1, 0.15) is 0 Å². The maximum Gasteiger partial charge on any atom is 0.243 e. The van der Waals surface area contributed by atoms with Crippen LogP contribution in [0.1, 0.15) is 18.4 Å². The molecule has 1 aliphatic heterocycles. The molecule has 1 fully saturated rings. The van der Waals surface area contributed by atoms with Crippen LogP contribution in [0.15, 0.2) is 29.3 Å². The Hall–Kier alpha value is -2.56. The molecule has 0 aliphatic carbocycles. The quantitative estimate of drug-likeness (QED) is 0.263. The molecule has 7 nitrogen and oxygen atoms in total. The highest BCUT2D eigenvalue weighted by molar-refractivity contribution is 5.95. The van der Waals surface area contributed by atoms with Crippen LogP contribution in [0.5, 0.6) is 0 Å². The van der Waals surface area contributed by atoms with E-state index in [4.69, 9.17) is 15.9 Å². The molecule has 27 heavy (non-hydrogen) atoms. The Labute approximate surface area is 160 Å². The third-order valence-electron chi connectivity index (χ3n) is 4.09. The monoisotopic (exact) mass is 372 g/mol. The van der Waals surface area contributed by atoms with Crippen molar-refractivity contribution in [2.24, 2.45) is 10.9 Å². The van der Waals surface area contributed by atoms with Crippen molar-refractivity contribution in [3.63, 3.8) is 0 Å². The van der Waals surface area contributed by atoms with Gasteiger partial charge >= 0.3 is 0 Å². The highest BCUT2D eigenvalue weighted by Gasteiger charge is 2.15. The van der Waals surface area contributed by atoms with Crippen LogP contribution in [-0.4, -0.2) is 58.4 Å². The molecule has 1 saturated heterocycles. The Morgan fingerprint density at radius 1 is 1.44 bits per heavy atom. The first kappa shape index (κ1) is 20.7. The Balaban J connectivity index is 1.57. The number of hydrogen-bond donors (Lipinski definition) is 3. The summed E-state index contributed by atoms with van der Waals surface area (Å²) in [5.41, 5.74) is 1.39. The molecule has 1 heterocycles. The molecule has 2 rings (SSSR count). The number of aliphatic imine (C=N–C) groups is 1. The SMILES string of the molecule is C#Cc1cccc(NC(=O)CNC(=NC)NCCCOCC2CCOC2)c1. The molecule has 0 bridgehead atoms. The van der Waals surface area contributed by atoms with Crippen molar-refractivity contribution in [1.82, 2.24) is 10.6 Å². The van der Waals surface area contributed by atoms with Gasteiger partial charge in [0.15, 0.2) is 5.96 Å². The van der Waals surface area contributed by atoms with E-state index in [1.807, 2.05) is 6.07 Å². The van der Waals surface area contributed by atoms with Gasteiger partial charge in [-0.2, -0.15) is 0 Å². The van der Waals surface area contributed by atoms with Crippen molar-refractivity contribution in [1.29, 1.82) is 0 Å². The molecular weight excluding hydrogens is 344 g/mol. The average molecular weight is 372 g/mol. The van der Waals surface area contributed by atoms with Crippen LogP contribution in [0.4, 0.5) is 5.69 Å². The maximum atomic E-state index is 12.0. The second kappa shape index (κ2) is 11.9. The van der Waals surface area contributed by atoms with E-state index in [2.05, 4.69) is 26.9 Å². The fraction of sp³-hybridized carbons (Fsp3) is 0.500. The van der Waals surface area contributed by atoms with Gasteiger partial charge in [0.2, 0.25) is 5.91 Å². The van der Waals surface area contributed by atoms with Gasteiger partial charge < -0.3 is 25.4 Å². The summed E-state index contributed by atoms with van der Waals surface area (Å²) in [6, 6.07) is 7.16. The number of ether oxygens (including phenoxy) is 2. The summed E-state index contributed by atoms with van der Waals surface area (Å²) in [6.07, 6.45) is 7.31. The summed E-state index contributed by atoms with van der Waals surface area (Å²) < 4.78 is 11.0. The van der Waals surface area contributed by atoms with Crippen molar-refractivity contribution in [2.75, 3.05) is 51.9 Å². The van der Waals surface area contributed by atoms with Crippen LogP contribution in [0.25, 0.3) is 0 Å². The lowest BCUT2D eigenvalue weighted by atomic mass is 10.1. The fourth-order valence-corrected chi connectivity index (χ4v) is 2.62. The number of carbonyl (C=O) groups excluding carboxylic acids is 1. The Bertz CT molecular complexity index is 663. The first-order valence-corrected chi connectivity index (χ1v) is 9.18. The van der Waals surface area contributed by atoms with E-state index in [-0.39, 0.29) is 12.5 Å². The molecule has 1 aliphatic rings. The van der Waals surface area contributed by atoms with Crippen molar-refractivity contribution in [3.8, 4) is 12.3 Å². The van der Waals surface area contributed by atoms with Crippen molar-refractivity contribution in [3.05, 3.63) is 29.8 Å². The number of amides is 1. The summed E-state index contributed by atoms with van der Waals surface area (Å²) in [7, 11) is 1.67. The second-order valence-corrected chi connectivity index (χ2v) is 6.28. The predicted molar refractivity (Wildman–Crippen MR) is 107 cm³/mol. The Kier molecular flexibility index (Phi) is 9.18. The summed E-state index contributed by atoms with van der Waals surface area (Å²) in [4.78, 5) is 16.1. The van der Waals surface area contributed by atoms with E-state index >= 15 is 0 Å². The topological polar surface area (TPSA) is 84.0 Å². The number of carbonyl (C=O) groups is 1. The second-order valence-electron chi connectivity index (χ2n) is 6.28. The molecule has 1 atom stereocenters. The molecule has 146 valence electrons. The lowest BCUT2D eigenvalue weighted by Crippen LogP contribution is -2.41. The van der Waals surface area contributed by atoms with E-state index in [0.29, 0.717) is 30.7 Å². The predicted octanol–water partition coefficient (Wildman–Crippen LogP) is 1.21. The number of nitrogens with one attached hydrogen (secondary N) is 3. The summed E-state index contributed by atoms with van der Waals surface area (Å²) >= 11 is 0. The van der Waals surface area contributed by atoms with Crippen LogP contribution in [0.2, 0.25) is 0 Å². The standard InChI is InChI=1S/C20H28N4O3/c1-3-16-6-4-7-18(12-16)24-19(25)13-23-20(21-2)22-9-5-10-26-14-17-8-11-27-15-17/h1,4,6-7,12,17H,5,8-11,13-15H2,2H3,(H,24,25)(H2,21,22,23). The minimum Gasteiger partial charge on any atom is -0.381 e. The van der Waals surface area contributed by atoms with Gasteiger partial charge in [-0.25, -0.2) is 0 Å². The maximum absolute atomic E-state index is 12.0. The molecule has 0 spiro atoms. The third kappa shape index (κ3) is 8.11. The van der Waals surface area contributed by atoms with Crippen molar-refractivity contribution < 1.29 is 14.3 Å². The van der Waals surface area contributed by atoms with Gasteiger partial charge in [0, 0.05) is 44.0 Å². The molecule has 1 amide bonds. The van der Waals surface area contributed by atoms with Gasteiger partial charge in [-0.05, 0) is 31.0 Å². The number of hydrogen-bond acceptors (Lipinski definition) is 4. The highest BCUT2D eigenvalue weighted by atomic mass is 16.5. The molecule has 1 aromatic carbocycles. The van der Waals surface area contributed by atoms with Crippen LogP contribution < -0.4 is 16.0 Å². The van der Waals surface area contributed by atoms with E-state index in [9.17, 15) is 4.79 Å². The molecule has 7 heteroatoms. The van der Waals surface area contributed by atoms with Gasteiger partial charge in [-0.15, -0.1) is 6.42 Å². The molecule has 1 unspecified atom stereocenters. The first-order valence-electron chi connectivity index (χ1n) is 9.18. The molecule has 0 saturated carbocycles. The van der Waals surface area contributed by atoms with Gasteiger partial charge in [-0.3, -0.25) is 9.79 Å². The number of benzene rings is 1. The van der Waals surface area contributed by atoms with Gasteiger partial charge in [-0.1, -0.05) is 12.0 Å². The van der Waals surface area contributed by atoms with Crippen LogP contribution in [0, 0.1) is 18.3 Å². The Morgan fingerprint density at radius 2 is 2.33 bits per heavy atom. The van der Waals surface area contributed by atoms with E-state index in [1.165, 1.54) is 0 Å². The number of terminal acetylenes is 1. The fourth-order valence-electron chi connectivity index (χ4n) is 2.62. The van der Waals surface area contributed by atoms with Crippen LogP contribution >= 0.6 is 0 Å². The number of guanidine groups is 1. The van der Waals surface area contributed by atoms with Crippen molar-refractivity contribution >= 4 is 17.6 Å². The van der Waals surface area contributed by atoms with Gasteiger partial charge in [0.25, 0.3) is 0 Å². The number of rotatable bonds is 9. The normalized spacial score (nSPS) is 16.6. The van der Waals surface area contributed by atoms with Crippen LogP contribution in [0.3, 0.4) is 0 Å². The number of anilines is 1. The van der Waals surface area contributed by atoms with E-state index < -0.39 is 0 Å². The minimum absolute atomic E-state index is 0.109. The lowest BCUT2D eigenvalue weighted by Gasteiger charge is -2.13. The summed E-state index contributed by atoms with van der Waals surface area (Å²) in [5.74, 6) is 3.48. The highest BCUT2D eigenvalue weighted by Crippen LogP contribution is 2.12. The largest absolute Gasteiger partial charge is 0.381 e. The van der Waals surface area contributed by atoms with Crippen molar-refractivity contribution in [2.45, 2.75) is 12.8 Å². The zero-order chi connectivity index (χ0) is 19.3. The molecule has 0 aromatic heterocycles. The summed E-state index contributed by atoms with van der Waals surface area (Å²) in [6.45, 7) is 3.93.